The lowest BCUT2D eigenvalue weighted by atomic mass is 9.90. The van der Waals surface area contributed by atoms with Crippen LogP contribution in [0.5, 0.6) is 0 Å². The number of halogens is 1. The number of amides is 3. The number of nitrogens with zero attached hydrogens (tertiary/aromatic N) is 2. The largest absolute Gasteiger partial charge is 0.351 e. The Balaban J connectivity index is 1.66. The maximum atomic E-state index is 14.3. The summed E-state index contributed by atoms with van der Waals surface area (Å²) in [5, 5.41) is 6.51. The Morgan fingerprint density at radius 2 is 1.69 bits per heavy atom. The summed E-state index contributed by atoms with van der Waals surface area (Å²) < 4.78 is 16.1. The smallest absolute Gasteiger partial charge is 0.273 e. The number of nitrogens with one attached hydrogen (secondary N) is 2. The zero-order chi connectivity index (χ0) is 24.7. The van der Waals surface area contributed by atoms with Crippen molar-refractivity contribution in [3.05, 3.63) is 29.7 Å². The minimum absolute atomic E-state index is 0.0574. The summed E-state index contributed by atoms with van der Waals surface area (Å²) in [7, 11) is 0. The fraction of sp³-hybridized carbons (Fsp3) is 0.593. The Hall–Kier alpha value is -2.90. The number of carbonyl (C=O) groups is 3. The maximum absolute atomic E-state index is 14.3. The zero-order valence-corrected chi connectivity index (χ0v) is 20.7. The summed E-state index contributed by atoms with van der Waals surface area (Å²) in [4.78, 5) is 42.1. The van der Waals surface area contributed by atoms with E-state index in [9.17, 15) is 18.8 Å². The second-order valence-electron chi connectivity index (χ2n) is 10.7. The summed E-state index contributed by atoms with van der Waals surface area (Å²) >= 11 is 0. The minimum atomic E-state index is -1.09. The van der Waals surface area contributed by atoms with Gasteiger partial charge in [0.2, 0.25) is 11.8 Å². The molecule has 2 saturated carbocycles. The molecule has 35 heavy (non-hydrogen) atoms. The lowest BCUT2D eigenvalue weighted by Crippen LogP contribution is -2.67. The van der Waals surface area contributed by atoms with Crippen LogP contribution < -0.4 is 10.6 Å². The van der Waals surface area contributed by atoms with Crippen LogP contribution in [0.1, 0.15) is 88.5 Å². The van der Waals surface area contributed by atoms with E-state index in [1.165, 1.54) is 19.1 Å². The number of hydrogen-bond acceptors (Lipinski definition) is 3. The lowest BCUT2D eigenvalue weighted by molar-refractivity contribution is -0.135. The molecule has 5 rings (SSSR count). The third-order valence-electron chi connectivity index (χ3n) is 8.11. The molecule has 2 fully saturated rings. The predicted octanol–water partition coefficient (Wildman–Crippen LogP) is 4.73. The van der Waals surface area contributed by atoms with Crippen molar-refractivity contribution in [2.24, 2.45) is 0 Å². The van der Waals surface area contributed by atoms with Gasteiger partial charge in [-0.1, -0.05) is 38.5 Å². The van der Waals surface area contributed by atoms with Gasteiger partial charge < -0.3 is 20.1 Å². The van der Waals surface area contributed by atoms with Crippen molar-refractivity contribution < 1.29 is 18.8 Å². The van der Waals surface area contributed by atoms with E-state index in [4.69, 9.17) is 0 Å². The first-order valence-corrected chi connectivity index (χ1v) is 13.0. The van der Waals surface area contributed by atoms with E-state index < -0.39 is 11.4 Å². The molecule has 0 bridgehead atoms. The number of anilines is 1. The van der Waals surface area contributed by atoms with Crippen LogP contribution in [0, 0.1) is 5.82 Å². The first-order chi connectivity index (χ1) is 16.8. The molecule has 0 radical (unpaired) electrons. The molecule has 1 aromatic carbocycles. The number of carbonyl (C=O) groups excluding carboxylic acids is 3. The van der Waals surface area contributed by atoms with Gasteiger partial charge in [0, 0.05) is 24.4 Å². The van der Waals surface area contributed by atoms with Gasteiger partial charge in [0.1, 0.15) is 17.1 Å². The van der Waals surface area contributed by atoms with Gasteiger partial charge in [-0.25, -0.2) is 4.39 Å². The Morgan fingerprint density at radius 3 is 2.34 bits per heavy atom. The lowest BCUT2D eigenvalue weighted by Gasteiger charge is -2.48. The molecule has 1 atom stereocenters. The minimum Gasteiger partial charge on any atom is -0.351 e. The van der Waals surface area contributed by atoms with Crippen molar-refractivity contribution >= 4 is 34.3 Å². The van der Waals surface area contributed by atoms with E-state index in [0.29, 0.717) is 22.3 Å². The third-order valence-corrected chi connectivity index (χ3v) is 8.11. The first kappa shape index (κ1) is 23.8. The topological polar surface area (TPSA) is 83.4 Å². The van der Waals surface area contributed by atoms with Crippen molar-refractivity contribution in [1.82, 2.24) is 14.8 Å². The standard InChI is InChI=1S/C27H35FN4O3/c1-17(33)29-23-21-15-18(28)13-14-22(21)31-16-27(2,26(35)30-19-9-7-8-10-19)32(25(34)24(23)31)20-11-5-3-4-6-12-20/h13-15,19-20H,3-12,16H2,1-2H3,(H,29,33)(H,30,35). The first-order valence-electron chi connectivity index (χ1n) is 13.0. The predicted molar refractivity (Wildman–Crippen MR) is 133 cm³/mol. The molecule has 0 saturated heterocycles. The monoisotopic (exact) mass is 482 g/mol. The second-order valence-corrected chi connectivity index (χ2v) is 10.7. The van der Waals surface area contributed by atoms with Crippen LogP contribution in [0.15, 0.2) is 18.2 Å². The number of aromatic nitrogens is 1. The van der Waals surface area contributed by atoms with E-state index in [2.05, 4.69) is 10.6 Å². The van der Waals surface area contributed by atoms with Gasteiger partial charge in [0.05, 0.1) is 17.7 Å². The zero-order valence-electron chi connectivity index (χ0n) is 20.7. The molecular formula is C27H35FN4O3. The van der Waals surface area contributed by atoms with Crippen LogP contribution in [-0.4, -0.2) is 44.8 Å². The van der Waals surface area contributed by atoms with Crippen molar-refractivity contribution in [3.63, 3.8) is 0 Å². The molecule has 1 unspecified atom stereocenters. The molecule has 0 spiro atoms. The van der Waals surface area contributed by atoms with Crippen LogP contribution in [0.25, 0.3) is 10.9 Å². The summed E-state index contributed by atoms with van der Waals surface area (Å²) in [5.41, 5.74) is 0.208. The van der Waals surface area contributed by atoms with Gasteiger partial charge in [-0.2, -0.15) is 0 Å². The Morgan fingerprint density at radius 1 is 1.03 bits per heavy atom. The van der Waals surface area contributed by atoms with Crippen LogP contribution in [-0.2, 0) is 16.1 Å². The van der Waals surface area contributed by atoms with Gasteiger partial charge >= 0.3 is 0 Å². The summed E-state index contributed by atoms with van der Waals surface area (Å²) in [5.74, 6) is -1.17. The van der Waals surface area contributed by atoms with E-state index in [0.717, 1.165) is 64.2 Å². The van der Waals surface area contributed by atoms with Crippen molar-refractivity contribution in [2.45, 2.75) is 102 Å². The maximum Gasteiger partial charge on any atom is 0.273 e. The SMILES string of the molecule is CC(=O)Nc1c2n(c3ccc(F)cc13)CC(C)(C(=O)NC1CCCC1)N(C1CCCCCC1)C2=O. The van der Waals surface area contributed by atoms with Crippen molar-refractivity contribution in [3.8, 4) is 0 Å². The van der Waals surface area contributed by atoms with Gasteiger partial charge in [-0.15, -0.1) is 0 Å². The van der Waals surface area contributed by atoms with Crippen LogP contribution in [0.3, 0.4) is 0 Å². The fourth-order valence-corrected chi connectivity index (χ4v) is 6.42. The van der Waals surface area contributed by atoms with Gasteiger partial charge in [0.15, 0.2) is 0 Å². The molecule has 2 N–H and O–H groups in total. The van der Waals surface area contributed by atoms with Crippen molar-refractivity contribution in [2.75, 3.05) is 5.32 Å². The molecule has 7 nitrogen and oxygen atoms in total. The number of hydrogen-bond donors (Lipinski definition) is 2. The average molecular weight is 483 g/mol. The van der Waals surface area contributed by atoms with E-state index >= 15 is 0 Å². The van der Waals surface area contributed by atoms with E-state index in [1.807, 2.05) is 11.5 Å². The molecule has 188 valence electrons. The van der Waals surface area contributed by atoms with Gasteiger partial charge in [0.25, 0.3) is 5.91 Å². The molecule has 1 aromatic heterocycles. The molecular weight excluding hydrogens is 447 g/mol. The highest BCUT2D eigenvalue weighted by Crippen LogP contribution is 2.41. The van der Waals surface area contributed by atoms with E-state index in [-0.39, 0.29) is 36.3 Å². The number of benzene rings is 1. The summed E-state index contributed by atoms with van der Waals surface area (Å²) in [6.45, 7) is 3.51. The molecule has 8 heteroatoms. The number of rotatable bonds is 4. The van der Waals surface area contributed by atoms with Gasteiger partial charge in [-0.05, 0) is 50.8 Å². The van der Waals surface area contributed by atoms with Crippen LogP contribution in [0.4, 0.5) is 10.1 Å². The average Bonchev–Trinajstić information content (AvgIpc) is 3.31. The highest BCUT2D eigenvalue weighted by Gasteiger charge is 2.51. The molecule has 2 aliphatic carbocycles. The Bertz CT molecular complexity index is 1160. The fourth-order valence-electron chi connectivity index (χ4n) is 6.42. The summed E-state index contributed by atoms with van der Waals surface area (Å²) in [6, 6.07) is 4.41. The molecule has 2 heterocycles. The van der Waals surface area contributed by atoms with Crippen LogP contribution >= 0.6 is 0 Å². The molecule has 1 aliphatic heterocycles. The Kier molecular flexibility index (Phi) is 6.32. The number of fused-ring (bicyclic) bond motifs is 3. The molecule has 3 aliphatic rings. The van der Waals surface area contributed by atoms with Crippen molar-refractivity contribution in [1.29, 1.82) is 0 Å². The third kappa shape index (κ3) is 4.21. The summed E-state index contributed by atoms with van der Waals surface area (Å²) in [6.07, 6.45) is 10.1. The molecule has 3 amide bonds. The van der Waals surface area contributed by atoms with Crippen LogP contribution in [0.2, 0.25) is 0 Å². The highest BCUT2D eigenvalue weighted by molar-refractivity contribution is 6.14. The second kappa shape index (κ2) is 9.28. The quantitative estimate of drug-likeness (QED) is 0.618. The normalized spacial score (nSPS) is 23.9. The molecule has 2 aromatic rings. The van der Waals surface area contributed by atoms with Gasteiger partial charge in [-0.3, -0.25) is 14.4 Å². The van der Waals surface area contributed by atoms with E-state index in [1.54, 1.807) is 11.0 Å². The highest BCUT2D eigenvalue weighted by atomic mass is 19.1. The Labute approximate surface area is 205 Å².